The quantitative estimate of drug-likeness (QED) is 0.884. The highest BCUT2D eigenvalue weighted by Gasteiger charge is 2.28. The molecule has 2 rings (SSSR count). The standard InChI is InChI=1S/C12H18BrN3O2S/c1-15(10-11-4-2-3-5-12(11)13)19(17,18)16-8-6-14-7-9-16/h2-5,14H,6-10H2,1H3. The van der Waals surface area contributed by atoms with Crippen LogP contribution >= 0.6 is 15.9 Å². The molecule has 1 aromatic carbocycles. The van der Waals surface area contributed by atoms with Crippen LogP contribution in [-0.4, -0.2) is 50.3 Å². The Morgan fingerprint density at radius 3 is 2.58 bits per heavy atom. The molecule has 1 aliphatic rings. The molecule has 1 heterocycles. The van der Waals surface area contributed by atoms with Crippen molar-refractivity contribution in [2.45, 2.75) is 6.54 Å². The zero-order valence-electron chi connectivity index (χ0n) is 10.8. The van der Waals surface area contributed by atoms with Crippen LogP contribution in [0.25, 0.3) is 0 Å². The van der Waals surface area contributed by atoms with E-state index < -0.39 is 10.2 Å². The highest BCUT2D eigenvalue weighted by atomic mass is 79.9. The molecule has 7 heteroatoms. The molecule has 0 saturated carbocycles. The van der Waals surface area contributed by atoms with Gasteiger partial charge in [0.05, 0.1) is 0 Å². The minimum absolute atomic E-state index is 0.369. The zero-order valence-corrected chi connectivity index (χ0v) is 13.2. The molecule has 0 radical (unpaired) electrons. The molecule has 0 spiro atoms. The number of nitrogens with zero attached hydrogens (tertiary/aromatic N) is 2. The topological polar surface area (TPSA) is 52.7 Å². The van der Waals surface area contributed by atoms with Gasteiger partial charge in [-0.25, -0.2) is 0 Å². The van der Waals surface area contributed by atoms with Crippen molar-refractivity contribution in [1.82, 2.24) is 13.9 Å². The number of rotatable bonds is 4. The van der Waals surface area contributed by atoms with Gasteiger partial charge in [-0.2, -0.15) is 17.0 Å². The van der Waals surface area contributed by atoms with Crippen LogP contribution in [0.1, 0.15) is 5.56 Å². The average molecular weight is 348 g/mol. The van der Waals surface area contributed by atoms with Crippen molar-refractivity contribution in [2.24, 2.45) is 0 Å². The summed E-state index contributed by atoms with van der Waals surface area (Å²) < 4.78 is 28.7. The van der Waals surface area contributed by atoms with Gasteiger partial charge in [-0.1, -0.05) is 34.1 Å². The van der Waals surface area contributed by atoms with Crippen molar-refractivity contribution in [3.8, 4) is 0 Å². The van der Waals surface area contributed by atoms with Crippen LogP contribution < -0.4 is 5.32 Å². The summed E-state index contributed by atoms with van der Waals surface area (Å²) in [6.45, 7) is 2.85. The first-order chi connectivity index (χ1) is 9.01. The Bertz CT molecular complexity index is 530. The van der Waals surface area contributed by atoms with E-state index in [4.69, 9.17) is 0 Å². The third-order valence-corrected chi connectivity index (χ3v) is 5.86. The maximum atomic E-state index is 12.4. The minimum atomic E-state index is -3.37. The first-order valence-electron chi connectivity index (χ1n) is 6.17. The lowest BCUT2D eigenvalue weighted by Crippen LogP contribution is -2.50. The van der Waals surface area contributed by atoms with Crippen molar-refractivity contribution in [1.29, 1.82) is 0 Å². The van der Waals surface area contributed by atoms with Gasteiger partial charge in [0.15, 0.2) is 0 Å². The molecule has 1 N–H and O–H groups in total. The van der Waals surface area contributed by atoms with E-state index in [2.05, 4.69) is 21.2 Å². The molecule has 1 aliphatic heterocycles. The Hall–Kier alpha value is -0.470. The van der Waals surface area contributed by atoms with Gasteiger partial charge in [0.1, 0.15) is 0 Å². The molecular weight excluding hydrogens is 330 g/mol. The molecule has 1 aromatic rings. The summed E-state index contributed by atoms with van der Waals surface area (Å²) >= 11 is 3.44. The number of benzene rings is 1. The van der Waals surface area contributed by atoms with Crippen LogP contribution in [0, 0.1) is 0 Å². The second-order valence-electron chi connectivity index (χ2n) is 4.50. The second-order valence-corrected chi connectivity index (χ2v) is 7.39. The Kier molecular flexibility index (Phi) is 4.97. The van der Waals surface area contributed by atoms with Gasteiger partial charge in [-0.05, 0) is 11.6 Å². The molecule has 19 heavy (non-hydrogen) atoms. The molecule has 0 aliphatic carbocycles. The lowest BCUT2D eigenvalue weighted by Gasteiger charge is -2.30. The maximum Gasteiger partial charge on any atom is 0.282 e. The van der Waals surface area contributed by atoms with Gasteiger partial charge >= 0.3 is 0 Å². The molecule has 0 aromatic heterocycles. The SMILES string of the molecule is CN(Cc1ccccc1Br)S(=O)(=O)N1CCNCC1. The molecule has 0 atom stereocenters. The highest BCUT2D eigenvalue weighted by Crippen LogP contribution is 2.19. The third kappa shape index (κ3) is 3.55. The summed E-state index contributed by atoms with van der Waals surface area (Å²) in [6.07, 6.45) is 0. The van der Waals surface area contributed by atoms with Gasteiger partial charge < -0.3 is 5.32 Å². The fourth-order valence-corrected chi connectivity index (χ4v) is 3.77. The average Bonchev–Trinajstić information content (AvgIpc) is 2.42. The molecule has 0 bridgehead atoms. The summed E-state index contributed by atoms with van der Waals surface area (Å²) in [6, 6.07) is 7.66. The lowest BCUT2D eigenvalue weighted by atomic mass is 10.2. The smallest absolute Gasteiger partial charge is 0.282 e. The molecule has 0 amide bonds. The van der Waals surface area contributed by atoms with Gasteiger partial charge in [-0.3, -0.25) is 0 Å². The van der Waals surface area contributed by atoms with E-state index in [0.29, 0.717) is 32.7 Å². The van der Waals surface area contributed by atoms with E-state index in [1.807, 2.05) is 24.3 Å². The summed E-state index contributed by atoms with van der Waals surface area (Å²) in [4.78, 5) is 0. The maximum absolute atomic E-state index is 12.4. The zero-order chi connectivity index (χ0) is 13.9. The number of piperazine rings is 1. The van der Waals surface area contributed by atoms with E-state index >= 15 is 0 Å². The predicted molar refractivity (Wildman–Crippen MR) is 79.0 cm³/mol. The van der Waals surface area contributed by atoms with Crippen molar-refractivity contribution < 1.29 is 8.42 Å². The molecule has 5 nitrogen and oxygen atoms in total. The third-order valence-electron chi connectivity index (χ3n) is 3.15. The first kappa shape index (κ1) is 14.9. The monoisotopic (exact) mass is 347 g/mol. The molecular formula is C12H18BrN3O2S. The summed E-state index contributed by atoms with van der Waals surface area (Å²) in [5.41, 5.74) is 0.962. The van der Waals surface area contributed by atoms with Crippen molar-refractivity contribution in [2.75, 3.05) is 33.2 Å². The van der Waals surface area contributed by atoms with Gasteiger partial charge in [0, 0.05) is 44.2 Å². The molecule has 106 valence electrons. The Balaban J connectivity index is 2.10. The highest BCUT2D eigenvalue weighted by molar-refractivity contribution is 9.10. The first-order valence-corrected chi connectivity index (χ1v) is 8.36. The second kappa shape index (κ2) is 6.32. The van der Waals surface area contributed by atoms with Gasteiger partial charge in [0.2, 0.25) is 0 Å². The van der Waals surface area contributed by atoms with Crippen LogP contribution in [-0.2, 0) is 16.8 Å². The molecule has 1 saturated heterocycles. The van der Waals surface area contributed by atoms with Crippen molar-refractivity contribution in [3.05, 3.63) is 34.3 Å². The number of nitrogens with one attached hydrogen (secondary N) is 1. The molecule has 1 fully saturated rings. The van der Waals surface area contributed by atoms with Gasteiger partial charge in [-0.15, -0.1) is 0 Å². The Morgan fingerprint density at radius 1 is 1.32 bits per heavy atom. The van der Waals surface area contributed by atoms with Crippen LogP contribution in [0.2, 0.25) is 0 Å². The molecule has 0 unspecified atom stereocenters. The van der Waals surface area contributed by atoms with Crippen LogP contribution in [0.3, 0.4) is 0 Å². The number of hydrogen-bond acceptors (Lipinski definition) is 3. The van der Waals surface area contributed by atoms with Crippen LogP contribution in [0.15, 0.2) is 28.7 Å². The van der Waals surface area contributed by atoms with Crippen LogP contribution in [0.5, 0.6) is 0 Å². The van der Waals surface area contributed by atoms with Crippen molar-refractivity contribution >= 4 is 26.1 Å². The largest absolute Gasteiger partial charge is 0.314 e. The van der Waals surface area contributed by atoms with Crippen LogP contribution in [0.4, 0.5) is 0 Å². The summed E-state index contributed by atoms with van der Waals surface area (Å²) in [5, 5.41) is 3.15. The predicted octanol–water partition coefficient (Wildman–Crippen LogP) is 1.03. The Morgan fingerprint density at radius 2 is 1.95 bits per heavy atom. The fraction of sp³-hybridized carbons (Fsp3) is 0.500. The Labute approximate surface area is 122 Å². The normalized spacial score (nSPS) is 17.8. The van der Waals surface area contributed by atoms with E-state index in [1.165, 1.54) is 8.61 Å². The summed E-state index contributed by atoms with van der Waals surface area (Å²) in [5.74, 6) is 0. The number of halogens is 1. The van der Waals surface area contributed by atoms with Gasteiger partial charge in [0.25, 0.3) is 10.2 Å². The van der Waals surface area contributed by atoms with E-state index in [-0.39, 0.29) is 0 Å². The van der Waals surface area contributed by atoms with E-state index in [0.717, 1.165) is 10.0 Å². The minimum Gasteiger partial charge on any atom is -0.314 e. The number of hydrogen-bond donors (Lipinski definition) is 1. The van der Waals surface area contributed by atoms with E-state index in [9.17, 15) is 8.42 Å². The van der Waals surface area contributed by atoms with Crippen molar-refractivity contribution in [3.63, 3.8) is 0 Å². The van der Waals surface area contributed by atoms with E-state index in [1.54, 1.807) is 7.05 Å². The fourth-order valence-electron chi connectivity index (χ4n) is 2.02. The summed E-state index contributed by atoms with van der Waals surface area (Å²) in [7, 11) is -1.75. The lowest BCUT2D eigenvalue weighted by molar-refractivity contribution is 0.324.